The molecule has 9 nitrogen and oxygen atoms in total. The van der Waals surface area contributed by atoms with E-state index in [-0.39, 0.29) is 0 Å². The maximum absolute atomic E-state index is 12.5. The van der Waals surface area contributed by atoms with Gasteiger partial charge in [-0.25, -0.2) is 4.79 Å². The smallest absolute Gasteiger partial charge is 0.329 e. The van der Waals surface area contributed by atoms with Gasteiger partial charge in [-0.15, -0.1) is 0 Å². The number of benzene rings is 1. The topological polar surface area (TPSA) is 88.4 Å². The van der Waals surface area contributed by atoms with Gasteiger partial charge in [-0.2, -0.15) is 4.98 Å². The van der Waals surface area contributed by atoms with Crippen LogP contribution in [0.15, 0.2) is 39.9 Å². The number of nitrogens with zero attached hydrogens (tertiary/aromatic N) is 5. The molecule has 31 heavy (non-hydrogen) atoms. The highest BCUT2D eigenvalue weighted by atomic mass is 16.5. The summed E-state index contributed by atoms with van der Waals surface area (Å²) in [5.41, 5.74) is 1.34. The van der Waals surface area contributed by atoms with Crippen molar-refractivity contribution in [3.8, 4) is 0 Å². The van der Waals surface area contributed by atoms with E-state index in [1.807, 2.05) is 10.6 Å². The standard InChI is InChI=1S/C22H30N6O3/c1-25-19-18(20(29)24-22(25)30)28(15-16-31-2)21(23-19)27-13-11-26(12-14-27)10-6-9-17-7-4-3-5-8-17/h3-5,7-8H,6,9-16H2,1-2H3,(H,24,29,30). The molecular weight excluding hydrogens is 396 g/mol. The first-order chi connectivity index (χ1) is 15.1. The fraction of sp³-hybridized carbons (Fsp3) is 0.500. The number of rotatable bonds is 8. The van der Waals surface area contributed by atoms with Crippen molar-refractivity contribution in [2.45, 2.75) is 19.4 Å². The van der Waals surface area contributed by atoms with Crippen LogP contribution in [-0.2, 0) is 24.8 Å². The van der Waals surface area contributed by atoms with Crippen molar-refractivity contribution in [2.75, 3.05) is 51.3 Å². The third-order valence-corrected chi connectivity index (χ3v) is 5.94. The molecule has 1 fully saturated rings. The monoisotopic (exact) mass is 426 g/mol. The van der Waals surface area contributed by atoms with Crippen LogP contribution in [0.25, 0.3) is 11.2 Å². The maximum atomic E-state index is 12.5. The number of piperazine rings is 1. The fourth-order valence-corrected chi connectivity index (χ4v) is 4.18. The summed E-state index contributed by atoms with van der Waals surface area (Å²) in [4.78, 5) is 36.3. The number of imidazole rings is 1. The molecule has 1 aliphatic rings. The molecule has 1 aliphatic heterocycles. The minimum absolute atomic E-state index is 0.408. The molecule has 0 radical (unpaired) electrons. The average molecular weight is 427 g/mol. The van der Waals surface area contributed by atoms with Gasteiger partial charge in [0.25, 0.3) is 5.56 Å². The number of anilines is 1. The Hall–Kier alpha value is -2.91. The molecule has 1 N–H and O–H groups in total. The van der Waals surface area contributed by atoms with E-state index in [0.717, 1.165) is 51.5 Å². The normalized spacial score (nSPS) is 15.1. The lowest BCUT2D eigenvalue weighted by atomic mass is 10.1. The van der Waals surface area contributed by atoms with Crippen molar-refractivity contribution in [2.24, 2.45) is 7.05 Å². The molecule has 0 spiro atoms. The van der Waals surface area contributed by atoms with Crippen LogP contribution in [0.1, 0.15) is 12.0 Å². The molecule has 1 saturated heterocycles. The van der Waals surface area contributed by atoms with Crippen LogP contribution >= 0.6 is 0 Å². The predicted octanol–water partition coefficient (Wildman–Crippen LogP) is 0.825. The first-order valence-corrected chi connectivity index (χ1v) is 10.8. The van der Waals surface area contributed by atoms with Crippen molar-refractivity contribution >= 4 is 17.1 Å². The summed E-state index contributed by atoms with van der Waals surface area (Å²) in [6, 6.07) is 10.6. The summed E-state index contributed by atoms with van der Waals surface area (Å²) >= 11 is 0. The van der Waals surface area contributed by atoms with Crippen LogP contribution < -0.4 is 16.1 Å². The van der Waals surface area contributed by atoms with Crippen LogP contribution in [0.3, 0.4) is 0 Å². The van der Waals surface area contributed by atoms with Crippen LogP contribution in [0, 0.1) is 0 Å². The molecule has 1 aromatic carbocycles. The Balaban J connectivity index is 1.47. The zero-order valence-corrected chi connectivity index (χ0v) is 18.2. The molecule has 0 bridgehead atoms. The molecule has 0 atom stereocenters. The lowest BCUT2D eigenvalue weighted by Crippen LogP contribution is -2.47. The highest BCUT2D eigenvalue weighted by Crippen LogP contribution is 2.21. The zero-order chi connectivity index (χ0) is 21.8. The number of H-pyrrole nitrogens is 1. The molecule has 3 heterocycles. The lowest BCUT2D eigenvalue weighted by molar-refractivity contribution is 0.188. The molecule has 0 saturated carbocycles. The minimum Gasteiger partial charge on any atom is -0.383 e. The Morgan fingerprint density at radius 1 is 1.06 bits per heavy atom. The summed E-state index contributed by atoms with van der Waals surface area (Å²) in [5.74, 6) is 0.725. The van der Waals surface area contributed by atoms with Gasteiger partial charge in [-0.3, -0.25) is 19.2 Å². The van der Waals surface area contributed by atoms with Gasteiger partial charge in [0, 0.05) is 46.9 Å². The molecular formula is C22H30N6O3. The van der Waals surface area contributed by atoms with Crippen molar-refractivity contribution in [3.63, 3.8) is 0 Å². The van der Waals surface area contributed by atoms with Gasteiger partial charge in [0.2, 0.25) is 5.95 Å². The third-order valence-electron chi connectivity index (χ3n) is 5.94. The first-order valence-electron chi connectivity index (χ1n) is 10.8. The van der Waals surface area contributed by atoms with Gasteiger partial charge in [-0.05, 0) is 24.9 Å². The minimum atomic E-state index is -0.455. The summed E-state index contributed by atoms with van der Waals surface area (Å²) in [6.45, 7) is 5.56. The number of fused-ring (bicyclic) bond motifs is 1. The average Bonchev–Trinajstić information content (AvgIpc) is 3.17. The first kappa shape index (κ1) is 21.3. The van der Waals surface area contributed by atoms with Crippen molar-refractivity contribution < 1.29 is 4.74 Å². The van der Waals surface area contributed by atoms with E-state index in [9.17, 15) is 9.59 Å². The van der Waals surface area contributed by atoms with Gasteiger partial charge in [0.1, 0.15) is 0 Å². The van der Waals surface area contributed by atoms with E-state index in [1.54, 1.807) is 14.2 Å². The summed E-state index contributed by atoms with van der Waals surface area (Å²) in [5, 5.41) is 0. The molecule has 2 aromatic heterocycles. The number of ether oxygens (including phenoxy) is 1. The second-order valence-corrected chi connectivity index (χ2v) is 7.96. The van der Waals surface area contributed by atoms with E-state index >= 15 is 0 Å². The van der Waals surface area contributed by atoms with Gasteiger partial charge < -0.3 is 14.2 Å². The zero-order valence-electron chi connectivity index (χ0n) is 18.2. The van der Waals surface area contributed by atoms with Gasteiger partial charge in [0.05, 0.1) is 6.61 Å². The molecule has 0 aliphatic carbocycles. The number of nitrogens with one attached hydrogen (secondary N) is 1. The highest BCUT2D eigenvalue weighted by Gasteiger charge is 2.24. The molecule has 0 unspecified atom stereocenters. The maximum Gasteiger partial charge on any atom is 0.329 e. The molecule has 0 amide bonds. The van der Waals surface area contributed by atoms with Crippen molar-refractivity contribution in [1.82, 2.24) is 24.0 Å². The summed E-state index contributed by atoms with van der Waals surface area (Å²) in [6.07, 6.45) is 2.22. The molecule has 166 valence electrons. The Bertz CT molecular complexity index is 1130. The third kappa shape index (κ3) is 4.57. The molecule has 9 heteroatoms. The van der Waals surface area contributed by atoms with Crippen LogP contribution in [0.5, 0.6) is 0 Å². The van der Waals surface area contributed by atoms with Crippen LogP contribution in [-0.4, -0.2) is 70.4 Å². The van der Waals surface area contributed by atoms with Gasteiger partial charge >= 0.3 is 5.69 Å². The Labute approximate surface area is 180 Å². The number of hydrogen-bond acceptors (Lipinski definition) is 6. The van der Waals surface area contributed by atoms with E-state index in [2.05, 4.69) is 39.0 Å². The largest absolute Gasteiger partial charge is 0.383 e. The Morgan fingerprint density at radius 2 is 1.81 bits per heavy atom. The lowest BCUT2D eigenvalue weighted by Gasteiger charge is -2.35. The van der Waals surface area contributed by atoms with E-state index in [0.29, 0.717) is 24.3 Å². The summed E-state index contributed by atoms with van der Waals surface area (Å²) in [7, 11) is 3.26. The van der Waals surface area contributed by atoms with Crippen molar-refractivity contribution in [3.05, 3.63) is 56.7 Å². The highest BCUT2D eigenvalue weighted by molar-refractivity contribution is 5.74. The molecule has 3 aromatic rings. The second-order valence-electron chi connectivity index (χ2n) is 7.96. The number of aryl methyl sites for hydroxylation is 2. The van der Waals surface area contributed by atoms with E-state index in [1.165, 1.54) is 10.1 Å². The van der Waals surface area contributed by atoms with Crippen LogP contribution in [0.4, 0.5) is 5.95 Å². The Kier molecular flexibility index (Phi) is 6.53. The predicted molar refractivity (Wildman–Crippen MR) is 121 cm³/mol. The Morgan fingerprint density at radius 3 is 2.52 bits per heavy atom. The summed E-state index contributed by atoms with van der Waals surface area (Å²) < 4.78 is 8.51. The second kappa shape index (κ2) is 9.49. The van der Waals surface area contributed by atoms with E-state index in [4.69, 9.17) is 9.72 Å². The van der Waals surface area contributed by atoms with E-state index < -0.39 is 11.2 Å². The molecule has 4 rings (SSSR count). The van der Waals surface area contributed by atoms with Gasteiger partial charge in [0.15, 0.2) is 11.2 Å². The number of aromatic nitrogens is 4. The van der Waals surface area contributed by atoms with Crippen LogP contribution in [0.2, 0.25) is 0 Å². The number of aromatic amines is 1. The SMILES string of the molecule is COCCn1c(N2CCN(CCCc3ccccc3)CC2)nc2c1c(=O)[nH]c(=O)n2C. The van der Waals surface area contributed by atoms with Crippen molar-refractivity contribution in [1.29, 1.82) is 0 Å². The van der Waals surface area contributed by atoms with Gasteiger partial charge in [-0.1, -0.05) is 30.3 Å². The number of hydrogen-bond donors (Lipinski definition) is 1. The quantitative estimate of drug-likeness (QED) is 0.574. The fourth-order valence-electron chi connectivity index (χ4n) is 4.18. The number of methoxy groups -OCH3 is 1.